The zero-order valence-electron chi connectivity index (χ0n) is 13.3. The van der Waals surface area contributed by atoms with Crippen LogP contribution >= 0.6 is 0 Å². The molecule has 0 bridgehead atoms. The van der Waals surface area contributed by atoms with Crippen LogP contribution in [0.2, 0.25) is 0 Å². The van der Waals surface area contributed by atoms with Crippen LogP contribution in [0.15, 0.2) is 48.5 Å². The topological polar surface area (TPSA) is 58.5 Å². The second kappa shape index (κ2) is 6.30. The van der Waals surface area contributed by atoms with E-state index in [-0.39, 0.29) is 0 Å². The Morgan fingerprint density at radius 2 is 1.70 bits per heavy atom. The molecule has 5 heteroatoms. The van der Waals surface area contributed by atoms with E-state index in [0.29, 0.717) is 0 Å². The third-order valence-electron chi connectivity index (χ3n) is 4.07. The summed E-state index contributed by atoms with van der Waals surface area (Å²) in [7, 11) is 1.83. The molecule has 0 unspecified atom stereocenters. The van der Waals surface area contributed by atoms with Crippen LogP contribution in [-0.4, -0.2) is 16.1 Å². The minimum absolute atomic E-state index is 0.721. The van der Waals surface area contributed by atoms with Crippen molar-refractivity contribution in [1.29, 1.82) is 0 Å². The molecular formula is C18H20N4W. The van der Waals surface area contributed by atoms with E-state index in [9.17, 15) is 0 Å². The summed E-state index contributed by atoms with van der Waals surface area (Å²) < 4.78 is 1.31. The van der Waals surface area contributed by atoms with Gasteiger partial charge >= 0.3 is 148 Å². The fourth-order valence-electron chi connectivity index (χ4n) is 3.02. The van der Waals surface area contributed by atoms with E-state index in [2.05, 4.69) is 48.2 Å². The molecule has 0 saturated heterocycles. The maximum absolute atomic E-state index is 6.54. The maximum atomic E-state index is 6.54. The Labute approximate surface area is 147 Å². The van der Waals surface area contributed by atoms with Gasteiger partial charge in [0.1, 0.15) is 0 Å². The van der Waals surface area contributed by atoms with E-state index < -0.39 is 0 Å². The third-order valence-corrected chi connectivity index (χ3v) is 4.87. The van der Waals surface area contributed by atoms with Crippen LogP contribution in [0.1, 0.15) is 23.6 Å². The average molecular weight is 476 g/mol. The van der Waals surface area contributed by atoms with Crippen molar-refractivity contribution in [2.24, 2.45) is 11.6 Å². The summed E-state index contributed by atoms with van der Waals surface area (Å²) in [6, 6.07) is 16.6. The average Bonchev–Trinajstić information content (AvgIpc) is 2.52. The number of nitrogens with two attached hydrogens (primary N) is 2. The van der Waals surface area contributed by atoms with Gasteiger partial charge < -0.3 is 0 Å². The molecule has 3 rings (SSSR count). The van der Waals surface area contributed by atoms with Crippen LogP contribution in [-0.2, 0) is 25.9 Å². The van der Waals surface area contributed by atoms with E-state index in [0.717, 1.165) is 34.8 Å². The van der Waals surface area contributed by atoms with Crippen molar-refractivity contribution in [1.82, 2.24) is 5.01 Å². The summed E-state index contributed by atoms with van der Waals surface area (Å²) in [6.07, 6.45) is 0. The summed E-state index contributed by atoms with van der Waals surface area (Å²) >= 11 is 1.45. The Bertz CT molecular complexity index is 795. The van der Waals surface area contributed by atoms with E-state index >= 15 is 0 Å². The standard InChI is InChI=1S/C18H20N4.W/c1-3-22-12-13-8-4-5-9-14(13)17(19)18(21(2)20)15-10-6-7-11-16(15)22;/h4-11H,12,19-20H2,1-2H3;/b18-17-;. The zero-order valence-corrected chi connectivity index (χ0v) is 16.2. The quantitative estimate of drug-likeness (QED) is 0.516. The molecule has 0 amide bonds. The predicted octanol–water partition coefficient (Wildman–Crippen LogP) is 2.29. The number of hydrazine groups is 1. The van der Waals surface area contributed by atoms with Crippen molar-refractivity contribution < 1.29 is 19.4 Å². The number of anilines is 1. The molecule has 23 heavy (non-hydrogen) atoms. The molecule has 4 nitrogen and oxygen atoms in total. The second-order valence-electron chi connectivity index (χ2n) is 5.65. The number of nitrogens with zero attached hydrogens (tertiary/aromatic N) is 2. The number of hydrogen-bond donors (Lipinski definition) is 2. The van der Waals surface area contributed by atoms with Crippen molar-refractivity contribution in [3.63, 3.8) is 0 Å². The molecule has 0 saturated carbocycles. The molecule has 0 aromatic heterocycles. The second-order valence-corrected chi connectivity index (χ2v) is 7.78. The summed E-state index contributed by atoms with van der Waals surface area (Å²) in [5.74, 6) is 6.15. The van der Waals surface area contributed by atoms with Crippen molar-refractivity contribution in [3.05, 3.63) is 65.2 Å². The zero-order chi connectivity index (χ0) is 16.6. The molecule has 0 fully saturated rings. The summed E-state index contributed by atoms with van der Waals surface area (Å²) in [5.41, 5.74) is 12.6. The molecule has 0 radical (unpaired) electrons. The molecule has 118 valence electrons. The van der Waals surface area contributed by atoms with Gasteiger partial charge in [-0.05, 0) is 0 Å². The van der Waals surface area contributed by atoms with E-state index in [1.807, 2.05) is 19.2 Å². The van der Waals surface area contributed by atoms with E-state index in [1.54, 1.807) is 5.01 Å². The molecule has 2 aromatic carbocycles. The van der Waals surface area contributed by atoms with Crippen LogP contribution < -0.4 is 16.5 Å². The van der Waals surface area contributed by atoms with Gasteiger partial charge in [-0.3, -0.25) is 0 Å². The van der Waals surface area contributed by atoms with E-state index in [4.69, 9.17) is 11.6 Å². The van der Waals surface area contributed by atoms with E-state index in [1.165, 1.54) is 28.9 Å². The molecule has 1 aliphatic heterocycles. The Morgan fingerprint density at radius 3 is 2.35 bits per heavy atom. The molecule has 2 aromatic rings. The first-order valence-corrected chi connectivity index (χ1v) is 8.91. The summed E-state index contributed by atoms with van der Waals surface area (Å²) in [6.45, 7) is 2.97. The van der Waals surface area contributed by atoms with Crippen LogP contribution in [0.3, 0.4) is 0 Å². The van der Waals surface area contributed by atoms with Gasteiger partial charge in [0.2, 0.25) is 0 Å². The first-order valence-electron chi connectivity index (χ1n) is 7.44. The Balaban J connectivity index is 2.38. The normalized spacial score (nSPS) is 16.9. The van der Waals surface area contributed by atoms with Gasteiger partial charge in [-0.25, -0.2) is 0 Å². The first-order chi connectivity index (χ1) is 11.0. The predicted molar refractivity (Wildman–Crippen MR) is 92.7 cm³/mol. The molecule has 0 atom stereocenters. The number of para-hydroxylation sites is 1. The van der Waals surface area contributed by atoms with Gasteiger partial charge in [0.15, 0.2) is 0 Å². The monoisotopic (exact) mass is 476 g/mol. The minimum atomic E-state index is 0.721. The molecule has 1 heterocycles. The summed E-state index contributed by atoms with van der Waals surface area (Å²) in [4.78, 5) is 2.35. The van der Waals surface area contributed by atoms with Crippen LogP contribution in [0.25, 0.3) is 11.4 Å². The Morgan fingerprint density at radius 1 is 1.09 bits per heavy atom. The molecule has 1 aliphatic rings. The van der Waals surface area contributed by atoms with Crippen LogP contribution in [0.4, 0.5) is 5.69 Å². The van der Waals surface area contributed by atoms with Gasteiger partial charge in [-0.1, -0.05) is 0 Å². The van der Waals surface area contributed by atoms with Crippen molar-refractivity contribution in [2.75, 3.05) is 11.9 Å². The molecule has 4 N–H and O–H groups in total. The SMILES string of the molecule is C[C](=[W])N1Cc2ccccc2/C(N)=C(/N(C)N)c2ccccc21. The fraction of sp³-hybridized carbons (Fsp3) is 0.167. The number of benzene rings is 2. The van der Waals surface area contributed by atoms with Crippen molar-refractivity contribution >= 4 is 21.1 Å². The van der Waals surface area contributed by atoms with Gasteiger partial charge in [0.25, 0.3) is 0 Å². The Kier molecular flexibility index (Phi) is 4.38. The molecular weight excluding hydrogens is 456 g/mol. The number of fused-ring (bicyclic) bond motifs is 2. The van der Waals surface area contributed by atoms with Crippen molar-refractivity contribution in [3.8, 4) is 0 Å². The Hall–Kier alpha value is -1.90. The number of hydrogen-bond acceptors (Lipinski definition) is 4. The fourth-order valence-corrected chi connectivity index (χ4v) is 3.60. The van der Waals surface area contributed by atoms with Crippen LogP contribution in [0, 0.1) is 0 Å². The first kappa shape index (κ1) is 16.0. The van der Waals surface area contributed by atoms with Gasteiger partial charge in [-0.15, -0.1) is 0 Å². The van der Waals surface area contributed by atoms with Crippen LogP contribution in [0.5, 0.6) is 0 Å². The number of rotatable bonds is 2. The van der Waals surface area contributed by atoms with Gasteiger partial charge in [0.05, 0.1) is 0 Å². The van der Waals surface area contributed by atoms with Gasteiger partial charge in [0, 0.05) is 0 Å². The van der Waals surface area contributed by atoms with Gasteiger partial charge in [-0.2, -0.15) is 0 Å². The van der Waals surface area contributed by atoms with Crippen molar-refractivity contribution in [2.45, 2.75) is 13.5 Å². The molecule has 0 spiro atoms. The molecule has 0 aliphatic carbocycles. The summed E-state index contributed by atoms with van der Waals surface area (Å²) in [5, 5.41) is 1.62. The third kappa shape index (κ3) is 2.85.